The van der Waals surface area contributed by atoms with Crippen molar-refractivity contribution in [3.63, 3.8) is 0 Å². The molecule has 0 aromatic heterocycles. The first-order valence-corrected chi connectivity index (χ1v) is 3.40. The molecule has 10 heavy (non-hydrogen) atoms. The van der Waals surface area contributed by atoms with Crippen molar-refractivity contribution in [2.24, 2.45) is 5.92 Å². The van der Waals surface area contributed by atoms with Crippen molar-refractivity contribution in [2.45, 2.75) is 18.9 Å². The molecule has 0 amide bonds. The van der Waals surface area contributed by atoms with Gasteiger partial charge < -0.3 is 5.11 Å². The van der Waals surface area contributed by atoms with Crippen molar-refractivity contribution in [3.05, 3.63) is 0 Å². The van der Waals surface area contributed by atoms with Crippen LogP contribution in [-0.2, 0) is 0 Å². The van der Waals surface area contributed by atoms with Gasteiger partial charge in [-0.25, -0.2) is 0 Å². The van der Waals surface area contributed by atoms with Gasteiger partial charge in [0.05, 0.1) is 0 Å². The molecule has 0 saturated carbocycles. The van der Waals surface area contributed by atoms with Crippen molar-refractivity contribution < 1.29 is 13.9 Å². The van der Waals surface area contributed by atoms with Crippen LogP contribution in [0.3, 0.4) is 0 Å². The number of alkyl halides is 2. The van der Waals surface area contributed by atoms with Crippen LogP contribution in [0.15, 0.2) is 0 Å². The molecular weight excluding hydrogens is 140 g/mol. The Morgan fingerprint density at radius 2 is 2.30 bits per heavy atom. The van der Waals surface area contributed by atoms with Crippen molar-refractivity contribution in [3.8, 4) is 0 Å². The third-order valence-electron chi connectivity index (χ3n) is 1.84. The Labute approximate surface area is 58.2 Å². The number of nitrogens with one attached hydrogen (secondary N) is 1. The van der Waals surface area contributed by atoms with Crippen LogP contribution in [0.4, 0.5) is 8.78 Å². The van der Waals surface area contributed by atoms with E-state index in [1.165, 1.54) is 0 Å². The summed E-state index contributed by atoms with van der Waals surface area (Å²) >= 11 is 0. The van der Waals surface area contributed by atoms with Crippen LogP contribution in [0.1, 0.15) is 12.8 Å². The molecule has 4 heteroatoms. The first kappa shape index (κ1) is 7.88. The van der Waals surface area contributed by atoms with Crippen molar-refractivity contribution >= 4 is 0 Å². The third kappa shape index (κ3) is 1.44. The summed E-state index contributed by atoms with van der Waals surface area (Å²) in [6.07, 6.45) is 0.660. The first-order valence-electron chi connectivity index (χ1n) is 3.40. The second-order valence-electron chi connectivity index (χ2n) is 2.55. The maximum absolute atomic E-state index is 12.6. The number of rotatable bonds is 2. The van der Waals surface area contributed by atoms with Crippen LogP contribution in [-0.4, -0.2) is 24.3 Å². The molecular formula is C6H11F2NO. The van der Waals surface area contributed by atoms with E-state index in [2.05, 4.69) is 5.32 Å². The van der Waals surface area contributed by atoms with Crippen molar-refractivity contribution in [1.82, 2.24) is 5.32 Å². The molecule has 1 atom stereocenters. The Balaban J connectivity index is 2.43. The van der Waals surface area contributed by atoms with E-state index >= 15 is 0 Å². The van der Waals surface area contributed by atoms with Gasteiger partial charge >= 0.3 is 6.05 Å². The Kier molecular flexibility index (Phi) is 2.21. The lowest BCUT2D eigenvalue weighted by Crippen LogP contribution is -2.35. The van der Waals surface area contributed by atoms with E-state index in [4.69, 9.17) is 5.11 Å². The largest absolute Gasteiger partial charge is 0.396 e. The molecule has 0 aromatic carbocycles. The van der Waals surface area contributed by atoms with Gasteiger partial charge in [0.1, 0.15) is 0 Å². The third-order valence-corrected chi connectivity index (χ3v) is 1.84. The summed E-state index contributed by atoms with van der Waals surface area (Å²) in [7, 11) is 0. The minimum absolute atomic E-state index is 0.151. The maximum Gasteiger partial charge on any atom is 0.305 e. The van der Waals surface area contributed by atoms with Crippen LogP contribution in [0.2, 0.25) is 0 Å². The number of aliphatic hydroxyl groups is 1. The predicted octanol–water partition coefficient (Wildman–Crippen LogP) is 0.571. The van der Waals surface area contributed by atoms with Gasteiger partial charge in [0, 0.05) is 19.1 Å². The number of hydrogen-bond acceptors (Lipinski definition) is 2. The lowest BCUT2D eigenvalue weighted by atomic mass is 10.0. The van der Waals surface area contributed by atoms with Gasteiger partial charge in [0.25, 0.3) is 0 Å². The molecule has 1 saturated heterocycles. The quantitative estimate of drug-likeness (QED) is 0.565. The van der Waals surface area contributed by atoms with Gasteiger partial charge in [-0.1, -0.05) is 0 Å². The Hall–Kier alpha value is -0.220. The SMILES string of the molecule is OCC[C@H]1CCNC1(F)F. The fourth-order valence-corrected chi connectivity index (χ4v) is 1.22. The van der Waals surface area contributed by atoms with Gasteiger partial charge in [-0.05, 0) is 12.8 Å². The van der Waals surface area contributed by atoms with E-state index in [9.17, 15) is 8.78 Å². The van der Waals surface area contributed by atoms with Gasteiger partial charge in [-0.3, -0.25) is 5.32 Å². The number of aliphatic hydroxyl groups excluding tert-OH is 1. The lowest BCUT2D eigenvalue weighted by molar-refractivity contribution is -0.0642. The van der Waals surface area contributed by atoms with Gasteiger partial charge in [-0.15, -0.1) is 0 Å². The molecule has 1 aliphatic heterocycles. The minimum Gasteiger partial charge on any atom is -0.396 e. The predicted molar refractivity (Wildman–Crippen MR) is 32.8 cm³/mol. The highest BCUT2D eigenvalue weighted by Gasteiger charge is 2.42. The summed E-state index contributed by atoms with van der Waals surface area (Å²) < 4.78 is 25.1. The summed E-state index contributed by atoms with van der Waals surface area (Å²) in [5, 5.41) is 10.5. The summed E-state index contributed by atoms with van der Waals surface area (Å²) in [6, 6.07) is -2.75. The summed E-state index contributed by atoms with van der Waals surface area (Å²) in [6.45, 7) is 0.208. The van der Waals surface area contributed by atoms with Gasteiger partial charge in [-0.2, -0.15) is 8.78 Å². The standard InChI is InChI=1S/C6H11F2NO/c7-6(8)5(2-4-10)1-3-9-6/h5,9-10H,1-4H2/t5-/m1/s1. The van der Waals surface area contributed by atoms with Crippen LogP contribution in [0.25, 0.3) is 0 Å². The molecule has 0 bridgehead atoms. The maximum atomic E-state index is 12.6. The zero-order chi connectivity index (χ0) is 7.61. The average Bonchev–Trinajstić information content (AvgIpc) is 2.13. The minimum atomic E-state index is -2.75. The molecule has 0 aliphatic carbocycles. The molecule has 0 radical (unpaired) electrons. The monoisotopic (exact) mass is 151 g/mol. The van der Waals surface area contributed by atoms with Crippen LogP contribution in [0.5, 0.6) is 0 Å². The Morgan fingerprint density at radius 1 is 1.60 bits per heavy atom. The van der Waals surface area contributed by atoms with Crippen LogP contribution in [0, 0.1) is 5.92 Å². The second-order valence-corrected chi connectivity index (χ2v) is 2.55. The highest BCUT2D eigenvalue weighted by Crippen LogP contribution is 2.31. The van der Waals surface area contributed by atoms with E-state index in [1.807, 2.05) is 0 Å². The number of halogens is 2. The molecule has 1 fully saturated rings. The fraction of sp³-hybridized carbons (Fsp3) is 1.00. The topological polar surface area (TPSA) is 32.3 Å². The van der Waals surface area contributed by atoms with E-state index in [0.29, 0.717) is 13.0 Å². The highest BCUT2D eigenvalue weighted by molar-refractivity contribution is 4.82. The lowest BCUT2D eigenvalue weighted by Gasteiger charge is -2.16. The molecule has 1 rings (SSSR count). The van der Waals surface area contributed by atoms with Gasteiger partial charge in [0.2, 0.25) is 0 Å². The molecule has 1 aliphatic rings. The van der Waals surface area contributed by atoms with E-state index in [0.717, 1.165) is 0 Å². The zero-order valence-corrected chi connectivity index (χ0v) is 5.61. The van der Waals surface area contributed by atoms with Gasteiger partial charge in [0.15, 0.2) is 0 Å². The van der Waals surface area contributed by atoms with Crippen LogP contribution < -0.4 is 5.32 Å². The summed E-state index contributed by atoms with van der Waals surface area (Å²) in [4.78, 5) is 0. The van der Waals surface area contributed by atoms with Crippen molar-refractivity contribution in [1.29, 1.82) is 0 Å². The van der Waals surface area contributed by atoms with Crippen molar-refractivity contribution in [2.75, 3.05) is 13.2 Å². The normalized spacial score (nSPS) is 30.9. The van der Waals surface area contributed by atoms with E-state index in [-0.39, 0.29) is 13.0 Å². The van der Waals surface area contributed by atoms with Crippen LogP contribution >= 0.6 is 0 Å². The molecule has 2 nitrogen and oxygen atoms in total. The molecule has 2 N–H and O–H groups in total. The summed E-state index contributed by atoms with van der Waals surface area (Å²) in [5.74, 6) is -0.669. The highest BCUT2D eigenvalue weighted by atomic mass is 19.3. The molecule has 0 spiro atoms. The Morgan fingerprint density at radius 3 is 2.70 bits per heavy atom. The fourth-order valence-electron chi connectivity index (χ4n) is 1.22. The number of hydrogen-bond donors (Lipinski definition) is 2. The molecule has 0 unspecified atom stereocenters. The molecule has 0 aromatic rings. The smallest absolute Gasteiger partial charge is 0.305 e. The molecule has 1 heterocycles. The van der Waals surface area contributed by atoms with E-state index in [1.54, 1.807) is 0 Å². The zero-order valence-electron chi connectivity index (χ0n) is 5.61. The summed E-state index contributed by atoms with van der Waals surface area (Å²) in [5.41, 5.74) is 0. The second kappa shape index (κ2) is 2.80. The van der Waals surface area contributed by atoms with E-state index < -0.39 is 12.0 Å². The molecule has 60 valence electrons. The Bertz CT molecular complexity index is 118. The first-order chi connectivity index (χ1) is 4.67. The average molecular weight is 151 g/mol.